The van der Waals surface area contributed by atoms with Crippen molar-refractivity contribution in [2.45, 2.75) is 24.5 Å². The van der Waals surface area contributed by atoms with Gasteiger partial charge in [-0.25, -0.2) is 18.2 Å². The van der Waals surface area contributed by atoms with Gasteiger partial charge in [-0.15, -0.1) is 0 Å². The molecule has 0 saturated heterocycles. The van der Waals surface area contributed by atoms with E-state index in [-0.39, 0.29) is 28.8 Å². The van der Waals surface area contributed by atoms with E-state index in [4.69, 9.17) is 9.15 Å². The first-order valence-electron chi connectivity index (χ1n) is 6.35. The van der Waals surface area contributed by atoms with Crippen LogP contribution in [0.3, 0.4) is 0 Å². The van der Waals surface area contributed by atoms with Crippen LogP contribution in [-0.4, -0.2) is 26.0 Å². The van der Waals surface area contributed by atoms with Gasteiger partial charge in [0, 0.05) is 0 Å². The van der Waals surface area contributed by atoms with E-state index in [1.165, 1.54) is 19.1 Å². The second-order valence-corrected chi connectivity index (χ2v) is 6.29. The number of esters is 1. The number of carbonyl (C=O) groups is 1. The Morgan fingerprint density at radius 2 is 1.95 bits per heavy atom. The third-order valence-corrected chi connectivity index (χ3v) is 4.34. The van der Waals surface area contributed by atoms with Gasteiger partial charge in [0.2, 0.25) is 5.89 Å². The molecule has 1 aromatic carbocycles. The number of hydrogen-bond acceptors (Lipinski definition) is 6. The number of nitrogens with zero attached hydrogens (tertiary/aromatic N) is 1. The van der Waals surface area contributed by atoms with E-state index in [9.17, 15) is 13.2 Å². The molecular weight excluding hydrogens is 294 g/mol. The molecule has 7 heteroatoms. The van der Waals surface area contributed by atoms with Crippen molar-refractivity contribution in [3.05, 3.63) is 47.7 Å². The number of carbonyl (C=O) groups excluding carboxylic acids is 1. The van der Waals surface area contributed by atoms with Gasteiger partial charge in [0.05, 0.1) is 11.5 Å². The summed E-state index contributed by atoms with van der Waals surface area (Å²) in [4.78, 5) is 15.7. The lowest BCUT2D eigenvalue weighted by Crippen LogP contribution is -2.08. The Labute approximate surface area is 122 Å². The summed E-state index contributed by atoms with van der Waals surface area (Å²) in [5.41, 5.74) is 0.00936. The second-order valence-electron chi connectivity index (χ2n) is 4.31. The quantitative estimate of drug-likeness (QED) is 0.786. The molecule has 112 valence electrons. The van der Waals surface area contributed by atoms with Gasteiger partial charge in [-0.2, -0.15) is 0 Å². The highest BCUT2D eigenvalue weighted by Crippen LogP contribution is 2.18. The summed E-state index contributed by atoms with van der Waals surface area (Å²) < 4.78 is 34.5. The Morgan fingerprint density at radius 1 is 1.29 bits per heavy atom. The van der Waals surface area contributed by atoms with E-state index in [0.29, 0.717) is 0 Å². The number of sulfone groups is 1. The monoisotopic (exact) mass is 309 g/mol. The molecule has 0 fully saturated rings. The third kappa shape index (κ3) is 3.49. The zero-order valence-corrected chi connectivity index (χ0v) is 12.5. The fourth-order valence-electron chi connectivity index (χ4n) is 1.78. The molecule has 0 amide bonds. The maximum Gasteiger partial charge on any atom is 0.360 e. The van der Waals surface area contributed by atoms with Gasteiger partial charge in [-0.3, -0.25) is 0 Å². The van der Waals surface area contributed by atoms with Crippen LogP contribution < -0.4 is 0 Å². The highest BCUT2D eigenvalue weighted by atomic mass is 32.2. The number of oxazole rings is 1. The molecule has 0 atom stereocenters. The zero-order valence-electron chi connectivity index (χ0n) is 11.7. The fourth-order valence-corrected chi connectivity index (χ4v) is 2.96. The molecule has 6 nitrogen and oxygen atoms in total. The smallest absolute Gasteiger partial charge is 0.360 e. The van der Waals surface area contributed by atoms with Crippen molar-refractivity contribution in [3.63, 3.8) is 0 Å². The lowest BCUT2D eigenvalue weighted by atomic mass is 10.4. The van der Waals surface area contributed by atoms with E-state index in [0.717, 1.165) is 0 Å². The summed E-state index contributed by atoms with van der Waals surface area (Å²) in [5.74, 6) is -0.815. The molecule has 21 heavy (non-hydrogen) atoms. The molecule has 0 spiro atoms. The van der Waals surface area contributed by atoms with Crippen molar-refractivity contribution in [2.24, 2.45) is 0 Å². The molecule has 1 aromatic heterocycles. The summed E-state index contributed by atoms with van der Waals surface area (Å²) in [6.07, 6.45) is 0. The molecule has 0 aliphatic heterocycles. The van der Waals surface area contributed by atoms with Crippen LogP contribution in [0.5, 0.6) is 0 Å². The lowest BCUT2D eigenvalue weighted by Gasteiger charge is -2.00. The van der Waals surface area contributed by atoms with Crippen LogP contribution in [0.4, 0.5) is 0 Å². The Balaban J connectivity index is 2.25. The Kier molecular flexibility index (Phi) is 4.42. The van der Waals surface area contributed by atoms with Crippen LogP contribution in [0.25, 0.3) is 0 Å². The highest BCUT2D eigenvalue weighted by molar-refractivity contribution is 7.90. The molecule has 2 aromatic rings. The van der Waals surface area contributed by atoms with E-state index in [1.807, 2.05) is 0 Å². The normalized spacial score (nSPS) is 11.3. The van der Waals surface area contributed by atoms with Gasteiger partial charge < -0.3 is 9.15 Å². The van der Waals surface area contributed by atoms with Crippen molar-refractivity contribution in [3.8, 4) is 0 Å². The number of benzene rings is 1. The Bertz CT molecular complexity index is 734. The van der Waals surface area contributed by atoms with Crippen LogP contribution in [0, 0.1) is 6.92 Å². The molecule has 0 unspecified atom stereocenters. The number of aromatic nitrogens is 1. The van der Waals surface area contributed by atoms with E-state index < -0.39 is 21.6 Å². The van der Waals surface area contributed by atoms with E-state index in [1.54, 1.807) is 25.1 Å². The first-order valence-corrected chi connectivity index (χ1v) is 8.00. The predicted octanol–water partition coefficient (Wildman–Crippen LogP) is 2.13. The molecule has 1 heterocycles. The summed E-state index contributed by atoms with van der Waals surface area (Å²) in [6, 6.07) is 8.00. The van der Waals surface area contributed by atoms with Crippen molar-refractivity contribution < 1.29 is 22.4 Å². The van der Waals surface area contributed by atoms with Crippen LogP contribution in [0.15, 0.2) is 39.6 Å². The highest BCUT2D eigenvalue weighted by Gasteiger charge is 2.23. The number of rotatable bonds is 5. The topological polar surface area (TPSA) is 86.5 Å². The van der Waals surface area contributed by atoms with Crippen LogP contribution >= 0.6 is 0 Å². The van der Waals surface area contributed by atoms with Gasteiger partial charge in [0.1, 0.15) is 11.5 Å². The summed E-state index contributed by atoms with van der Waals surface area (Å²) >= 11 is 0. The van der Waals surface area contributed by atoms with Crippen molar-refractivity contribution in [1.29, 1.82) is 0 Å². The van der Waals surface area contributed by atoms with Gasteiger partial charge >= 0.3 is 5.97 Å². The van der Waals surface area contributed by atoms with Gasteiger partial charge in [0.15, 0.2) is 15.5 Å². The molecule has 0 aliphatic carbocycles. The molecule has 0 saturated carbocycles. The minimum absolute atomic E-state index is 0.00936. The third-order valence-electron chi connectivity index (χ3n) is 2.73. The van der Waals surface area contributed by atoms with Crippen molar-refractivity contribution >= 4 is 15.8 Å². The maximum atomic E-state index is 12.2. The predicted molar refractivity (Wildman–Crippen MR) is 74.5 cm³/mol. The Morgan fingerprint density at radius 3 is 2.57 bits per heavy atom. The summed E-state index contributed by atoms with van der Waals surface area (Å²) in [6.45, 7) is 3.43. The summed E-state index contributed by atoms with van der Waals surface area (Å²) in [5, 5.41) is 0. The van der Waals surface area contributed by atoms with Gasteiger partial charge in [0.25, 0.3) is 0 Å². The number of aryl methyl sites for hydroxylation is 1. The van der Waals surface area contributed by atoms with Gasteiger partial charge in [-0.05, 0) is 26.0 Å². The number of hydrogen-bond donors (Lipinski definition) is 0. The largest absolute Gasteiger partial charge is 0.461 e. The molecule has 0 N–H and O–H groups in total. The lowest BCUT2D eigenvalue weighted by molar-refractivity contribution is 0.0518. The van der Waals surface area contributed by atoms with Crippen molar-refractivity contribution in [1.82, 2.24) is 4.98 Å². The number of ether oxygens (including phenoxy) is 1. The first-order chi connectivity index (χ1) is 9.94. The van der Waals surface area contributed by atoms with Crippen molar-refractivity contribution in [2.75, 3.05) is 6.61 Å². The first kappa shape index (κ1) is 15.2. The Hall–Kier alpha value is -2.15. The second kappa shape index (κ2) is 6.09. The van der Waals surface area contributed by atoms with E-state index in [2.05, 4.69) is 4.98 Å². The van der Waals surface area contributed by atoms with E-state index >= 15 is 0 Å². The minimum Gasteiger partial charge on any atom is -0.461 e. The van der Waals surface area contributed by atoms with Crippen LogP contribution in [0.2, 0.25) is 0 Å². The molecule has 0 aliphatic rings. The van der Waals surface area contributed by atoms with Crippen LogP contribution in [-0.2, 0) is 20.3 Å². The minimum atomic E-state index is -3.56. The van der Waals surface area contributed by atoms with Crippen LogP contribution in [0.1, 0.15) is 29.1 Å². The maximum absolute atomic E-state index is 12.2. The molecular formula is C14H15NO5S. The molecule has 0 radical (unpaired) electrons. The summed E-state index contributed by atoms with van der Waals surface area (Å²) in [7, 11) is -3.56. The standard InChI is InChI=1S/C14H15NO5S/c1-3-19-14(16)13-10(2)20-12(15-13)9-21(17,18)11-7-5-4-6-8-11/h4-8H,3,9H2,1-2H3. The fraction of sp³-hybridized carbons (Fsp3) is 0.286. The zero-order chi connectivity index (χ0) is 15.5. The molecule has 2 rings (SSSR count). The molecule has 0 bridgehead atoms. The van der Waals surface area contributed by atoms with Gasteiger partial charge in [-0.1, -0.05) is 18.2 Å². The SMILES string of the molecule is CCOC(=O)c1nc(CS(=O)(=O)c2ccccc2)oc1C. The average molecular weight is 309 g/mol. The average Bonchev–Trinajstić information content (AvgIpc) is 2.80.